The fourth-order valence-electron chi connectivity index (χ4n) is 4.07. The fraction of sp³-hybridized carbons (Fsp3) is 0.154. The normalized spacial score (nSPS) is 17.8. The number of thiocarbonyl (C=S) groups is 1. The second-order valence-electron chi connectivity index (χ2n) is 7.63. The van der Waals surface area contributed by atoms with Gasteiger partial charge in [-0.1, -0.05) is 34.1 Å². The smallest absolute Gasteiger partial charge is 0.174 e. The van der Waals surface area contributed by atoms with Crippen molar-refractivity contribution in [1.29, 1.82) is 0 Å². The van der Waals surface area contributed by atoms with E-state index >= 15 is 0 Å². The van der Waals surface area contributed by atoms with E-state index in [1.807, 2.05) is 85.8 Å². The van der Waals surface area contributed by atoms with Crippen LogP contribution in [0.15, 0.2) is 93.9 Å². The van der Waals surface area contributed by atoms with E-state index in [0.29, 0.717) is 11.7 Å². The summed E-state index contributed by atoms with van der Waals surface area (Å²) >= 11 is 9.27. The number of aromatic nitrogens is 1. The van der Waals surface area contributed by atoms with E-state index in [4.69, 9.17) is 21.4 Å². The maximum Gasteiger partial charge on any atom is 0.174 e. The molecule has 0 bridgehead atoms. The number of anilines is 1. The van der Waals surface area contributed by atoms with Crippen LogP contribution >= 0.6 is 28.1 Å². The molecular formula is C26H22BrN3O2S. The Morgan fingerprint density at radius 2 is 1.82 bits per heavy atom. The quantitative estimate of drug-likeness (QED) is 0.286. The van der Waals surface area contributed by atoms with Crippen molar-refractivity contribution in [3.8, 4) is 17.1 Å². The van der Waals surface area contributed by atoms with Crippen molar-refractivity contribution < 1.29 is 9.15 Å². The molecule has 1 saturated heterocycles. The van der Waals surface area contributed by atoms with Crippen LogP contribution in [0.25, 0.3) is 11.3 Å². The van der Waals surface area contributed by atoms with Gasteiger partial charge in [0.15, 0.2) is 5.11 Å². The van der Waals surface area contributed by atoms with Crippen LogP contribution in [-0.4, -0.2) is 16.7 Å². The number of furan rings is 1. The summed E-state index contributed by atoms with van der Waals surface area (Å²) in [6.07, 6.45) is 1.80. The van der Waals surface area contributed by atoms with E-state index < -0.39 is 0 Å². The maximum atomic E-state index is 6.40. The molecule has 4 aromatic rings. The molecule has 1 fully saturated rings. The van der Waals surface area contributed by atoms with Crippen LogP contribution in [0.3, 0.4) is 0 Å². The second kappa shape index (κ2) is 9.37. The number of halogens is 1. The molecule has 2 atom stereocenters. The van der Waals surface area contributed by atoms with Crippen LogP contribution in [-0.2, 0) is 0 Å². The van der Waals surface area contributed by atoms with E-state index in [0.717, 1.165) is 38.7 Å². The van der Waals surface area contributed by atoms with Crippen LogP contribution in [0.5, 0.6) is 5.75 Å². The first-order valence-corrected chi connectivity index (χ1v) is 11.9. The number of nitrogens with one attached hydrogen (secondary N) is 1. The van der Waals surface area contributed by atoms with Crippen molar-refractivity contribution >= 4 is 38.9 Å². The highest BCUT2D eigenvalue weighted by atomic mass is 79.9. The minimum absolute atomic E-state index is 0.158. The molecule has 0 aliphatic carbocycles. The zero-order valence-corrected chi connectivity index (χ0v) is 20.3. The summed E-state index contributed by atoms with van der Waals surface area (Å²) in [5.74, 6) is 2.44. The minimum Gasteiger partial charge on any atom is -0.494 e. The van der Waals surface area contributed by atoms with Crippen molar-refractivity contribution in [2.45, 2.75) is 19.0 Å². The van der Waals surface area contributed by atoms with Crippen molar-refractivity contribution in [1.82, 2.24) is 10.3 Å². The molecular weight excluding hydrogens is 498 g/mol. The molecule has 2 aromatic heterocycles. The average Bonchev–Trinajstić information content (AvgIpc) is 3.46. The van der Waals surface area contributed by atoms with Gasteiger partial charge in [-0.05, 0) is 79.8 Å². The summed E-state index contributed by atoms with van der Waals surface area (Å²) in [6.45, 7) is 2.60. The van der Waals surface area contributed by atoms with Crippen LogP contribution in [0, 0.1) is 0 Å². The monoisotopic (exact) mass is 519 g/mol. The largest absolute Gasteiger partial charge is 0.494 e. The van der Waals surface area contributed by atoms with Gasteiger partial charge in [-0.25, -0.2) is 0 Å². The zero-order valence-electron chi connectivity index (χ0n) is 17.9. The summed E-state index contributed by atoms with van der Waals surface area (Å²) in [5.41, 5.74) is 2.88. The van der Waals surface area contributed by atoms with Gasteiger partial charge in [0, 0.05) is 21.9 Å². The summed E-state index contributed by atoms with van der Waals surface area (Å²) in [7, 11) is 0. The molecule has 7 heteroatoms. The lowest BCUT2D eigenvalue weighted by Crippen LogP contribution is -2.29. The topological polar surface area (TPSA) is 50.5 Å². The molecule has 0 radical (unpaired) electrons. The highest BCUT2D eigenvalue weighted by Crippen LogP contribution is 2.43. The van der Waals surface area contributed by atoms with Crippen molar-refractivity contribution in [3.05, 3.63) is 101 Å². The Labute approximate surface area is 206 Å². The SMILES string of the molecule is CCOc1ccc(N2C(=S)NC(c3ccccn3)C2c2ccc(-c3ccc(Br)cc3)o2)cc1. The van der Waals surface area contributed by atoms with Crippen molar-refractivity contribution in [2.75, 3.05) is 11.5 Å². The van der Waals surface area contributed by atoms with Gasteiger partial charge in [0.2, 0.25) is 0 Å². The number of ether oxygens (including phenoxy) is 1. The zero-order chi connectivity index (χ0) is 22.8. The van der Waals surface area contributed by atoms with Gasteiger partial charge in [-0.15, -0.1) is 0 Å². The predicted octanol–water partition coefficient (Wildman–Crippen LogP) is 6.68. The number of pyridine rings is 1. The predicted molar refractivity (Wildman–Crippen MR) is 137 cm³/mol. The van der Waals surface area contributed by atoms with E-state index in [9.17, 15) is 0 Å². The highest BCUT2D eigenvalue weighted by molar-refractivity contribution is 9.10. The van der Waals surface area contributed by atoms with Gasteiger partial charge in [-0.2, -0.15) is 0 Å². The first kappa shape index (κ1) is 21.7. The summed E-state index contributed by atoms with van der Waals surface area (Å²) in [5, 5.41) is 4.09. The van der Waals surface area contributed by atoms with Gasteiger partial charge in [0.1, 0.15) is 23.3 Å². The summed E-state index contributed by atoms with van der Waals surface area (Å²) in [4.78, 5) is 6.69. The standard InChI is InChI=1S/C26H22BrN3O2S/c1-2-31-20-12-10-19(11-13-20)30-25(24(29-26(30)33)21-5-3-4-16-28-21)23-15-14-22(32-23)17-6-8-18(27)9-7-17/h3-16,24-25H,2H2,1H3,(H,29,33). The Kier molecular flexibility index (Phi) is 6.15. The van der Waals surface area contributed by atoms with E-state index in [1.165, 1.54) is 0 Å². The van der Waals surface area contributed by atoms with Gasteiger partial charge >= 0.3 is 0 Å². The van der Waals surface area contributed by atoms with Crippen LogP contribution in [0.2, 0.25) is 0 Å². The second-order valence-corrected chi connectivity index (χ2v) is 8.93. The lowest BCUT2D eigenvalue weighted by atomic mass is 10.0. The molecule has 5 rings (SSSR count). The number of rotatable bonds is 6. The Morgan fingerprint density at radius 1 is 1.03 bits per heavy atom. The molecule has 33 heavy (non-hydrogen) atoms. The number of benzene rings is 2. The van der Waals surface area contributed by atoms with Crippen LogP contribution in [0.4, 0.5) is 5.69 Å². The van der Waals surface area contributed by atoms with Crippen molar-refractivity contribution in [2.24, 2.45) is 0 Å². The Bertz CT molecular complexity index is 1240. The minimum atomic E-state index is -0.199. The van der Waals surface area contributed by atoms with Gasteiger partial charge in [0.05, 0.1) is 18.3 Å². The Hall–Kier alpha value is -3.16. The molecule has 166 valence electrons. The summed E-state index contributed by atoms with van der Waals surface area (Å²) < 4.78 is 13.0. The van der Waals surface area contributed by atoms with Gasteiger partial charge < -0.3 is 19.4 Å². The van der Waals surface area contributed by atoms with E-state index in [2.05, 4.69) is 31.1 Å². The summed E-state index contributed by atoms with van der Waals surface area (Å²) in [6, 6.07) is 25.6. The molecule has 5 nitrogen and oxygen atoms in total. The first-order chi connectivity index (χ1) is 16.1. The highest BCUT2D eigenvalue weighted by Gasteiger charge is 2.42. The average molecular weight is 520 g/mol. The lowest BCUT2D eigenvalue weighted by Gasteiger charge is -2.26. The number of nitrogens with zero attached hydrogens (tertiary/aromatic N) is 2. The molecule has 1 aliphatic rings. The maximum absolute atomic E-state index is 6.40. The third kappa shape index (κ3) is 4.38. The number of hydrogen-bond donors (Lipinski definition) is 1. The van der Waals surface area contributed by atoms with E-state index in [-0.39, 0.29) is 12.1 Å². The van der Waals surface area contributed by atoms with Gasteiger partial charge in [0.25, 0.3) is 0 Å². The Morgan fingerprint density at radius 3 is 2.52 bits per heavy atom. The fourth-order valence-corrected chi connectivity index (χ4v) is 4.68. The molecule has 0 spiro atoms. The number of hydrogen-bond acceptors (Lipinski definition) is 4. The molecule has 0 saturated carbocycles. The third-order valence-corrected chi connectivity index (χ3v) is 6.41. The van der Waals surface area contributed by atoms with Crippen LogP contribution < -0.4 is 15.0 Å². The lowest BCUT2D eigenvalue weighted by molar-refractivity contribution is 0.340. The Balaban J connectivity index is 1.55. The first-order valence-electron chi connectivity index (χ1n) is 10.7. The van der Waals surface area contributed by atoms with Crippen LogP contribution in [0.1, 0.15) is 30.5 Å². The molecule has 0 amide bonds. The van der Waals surface area contributed by atoms with Gasteiger partial charge in [-0.3, -0.25) is 4.98 Å². The molecule has 2 aromatic carbocycles. The molecule has 1 aliphatic heterocycles. The molecule has 1 N–H and O–H groups in total. The van der Waals surface area contributed by atoms with E-state index in [1.54, 1.807) is 6.20 Å². The molecule has 3 heterocycles. The van der Waals surface area contributed by atoms with Crippen molar-refractivity contribution in [3.63, 3.8) is 0 Å². The molecule has 2 unspecified atom stereocenters. The third-order valence-electron chi connectivity index (χ3n) is 5.57.